The Morgan fingerprint density at radius 3 is 1.75 bits per heavy atom. The number of carbonyl (C=O) groups is 1. The van der Waals surface area contributed by atoms with Gasteiger partial charge in [0.05, 0.1) is 5.92 Å². The summed E-state index contributed by atoms with van der Waals surface area (Å²) in [5, 5.41) is 14.3. The van der Waals surface area contributed by atoms with Crippen LogP contribution in [0.25, 0.3) is 0 Å². The average Bonchev–Trinajstić information content (AvgIpc) is 3.55. The van der Waals surface area contributed by atoms with Gasteiger partial charge in [0.15, 0.2) is 0 Å². The molecular formula is C23H22NO3P. The van der Waals surface area contributed by atoms with Crippen LogP contribution in [0.3, 0.4) is 0 Å². The lowest BCUT2D eigenvalue weighted by Crippen LogP contribution is -2.32. The van der Waals surface area contributed by atoms with Gasteiger partial charge in [-0.15, -0.1) is 0 Å². The SMILES string of the molecule is O=C(O)[C@H]1C[C@@H]1[C@H](NP(=O)(c1ccccc1)c1ccccc1)c1ccccc1. The first kappa shape index (κ1) is 18.7. The average molecular weight is 391 g/mol. The highest BCUT2D eigenvalue weighted by molar-refractivity contribution is 7.76. The van der Waals surface area contributed by atoms with Crippen molar-refractivity contribution in [3.8, 4) is 0 Å². The second-order valence-electron chi connectivity index (χ2n) is 7.14. The smallest absolute Gasteiger partial charge is 0.306 e. The van der Waals surface area contributed by atoms with Crippen LogP contribution in [0.4, 0.5) is 0 Å². The zero-order valence-corrected chi connectivity index (χ0v) is 16.2. The molecule has 1 aliphatic carbocycles. The fourth-order valence-corrected chi connectivity index (χ4v) is 6.23. The topological polar surface area (TPSA) is 66.4 Å². The quantitative estimate of drug-likeness (QED) is 0.598. The molecule has 0 aliphatic heterocycles. The van der Waals surface area contributed by atoms with Crippen molar-refractivity contribution in [2.24, 2.45) is 11.8 Å². The maximum atomic E-state index is 14.4. The van der Waals surface area contributed by atoms with Gasteiger partial charge in [0.25, 0.3) is 0 Å². The molecule has 0 unspecified atom stereocenters. The standard InChI is InChI=1S/C23H22NO3P/c25-23(26)21-16-20(21)22(17-10-4-1-5-11-17)24-28(27,18-12-6-2-7-13-18)19-14-8-3-9-15-19/h1-15,20-22H,16H2,(H,24,27)(H,25,26)/t20-,21-,22+/m0/s1. The van der Waals surface area contributed by atoms with E-state index in [1.807, 2.05) is 91.0 Å². The van der Waals surface area contributed by atoms with Crippen molar-refractivity contribution in [2.45, 2.75) is 12.5 Å². The zero-order chi connectivity index (χ0) is 19.6. The highest BCUT2D eigenvalue weighted by Gasteiger charge is 2.50. The number of hydrogen-bond donors (Lipinski definition) is 2. The lowest BCUT2D eigenvalue weighted by molar-refractivity contribution is -0.138. The van der Waals surface area contributed by atoms with Crippen molar-refractivity contribution in [1.29, 1.82) is 0 Å². The first-order chi connectivity index (χ1) is 13.6. The molecular weight excluding hydrogens is 369 g/mol. The molecule has 1 aliphatic rings. The molecule has 0 amide bonds. The Balaban J connectivity index is 1.77. The zero-order valence-electron chi connectivity index (χ0n) is 15.3. The molecule has 0 heterocycles. The molecule has 1 fully saturated rings. The minimum Gasteiger partial charge on any atom is -0.481 e. The van der Waals surface area contributed by atoms with Crippen LogP contribution < -0.4 is 15.7 Å². The Kier molecular flexibility index (Phi) is 5.17. The lowest BCUT2D eigenvalue weighted by atomic mass is 10.0. The molecule has 0 saturated heterocycles. The molecule has 3 atom stereocenters. The maximum Gasteiger partial charge on any atom is 0.306 e. The van der Waals surface area contributed by atoms with Crippen LogP contribution in [-0.4, -0.2) is 11.1 Å². The number of aliphatic carboxylic acids is 1. The van der Waals surface area contributed by atoms with Crippen LogP contribution in [-0.2, 0) is 9.36 Å². The molecule has 2 N–H and O–H groups in total. The Bertz CT molecular complexity index is 949. The van der Waals surface area contributed by atoms with E-state index >= 15 is 0 Å². The van der Waals surface area contributed by atoms with E-state index in [4.69, 9.17) is 0 Å². The number of benzene rings is 3. The minimum absolute atomic E-state index is 0.0827. The number of rotatable bonds is 7. The van der Waals surface area contributed by atoms with Crippen molar-refractivity contribution >= 4 is 23.9 Å². The van der Waals surface area contributed by atoms with Gasteiger partial charge in [-0.25, -0.2) is 0 Å². The maximum absolute atomic E-state index is 14.4. The fraction of sp³-hybridized carbons (Fsp3) is 0.174. The number of carboxylic acid groups (broad SMARTS) is 1. The van der Waals surface area contributed by atoms with E-state index in [1.165, 1.54) is 0 Å². The Labute approximate surface area is 164 Å². The van der Waals surface area contributed by atoms with Crippen LogP contribution in [0, 0.1) is 11.8 Å². The molecule has 142 valence electrons. The Morgan fingerprint density at radius 2 is 1.32 bits per heavy atom. The third-order valence-corrected chi connectivity index (χ3v) is 8.00. The molecule has 1 saturated carbocycles. The van der Waals surface area contributed by atoms with Crippen LogP contribution >= 0.6 is 7.29 Å². The van der Waals surface area contributed by atoms with Crippen molar-refractivity contribution in [1.82, 2.24) is 5.09 Å². The van der Waals surface area contributed by atoms with Crippen molar-refractivity contribution in [2.75, 3.05) is 0 Å². The minimum atomic E-state index is -3.16. The summed E-state index contributed by atoms with van der Waals surface area (Å²) < 4.78 is 14.4. The molecule has 3 aromatic rings. The van der Waals surface area contributed by atoms with E-state index in [2.05, 4.69) is 5.09 Å². The van der Waals surface area contributed by atoms with E-state index < -0.39 is 19.2 Å². The van der Waals surface area contributed by atoms with Gasteiger partial charge in [-0.3, -0.25) is 14.4 Å². The first-order valence-electron chi connectivity index (χ1n) is 9.36. The third-order valence-electron chi connectivity index (χ3n) is 5.30. The summed E-state index contributed by atoms with van der Waals surface area (Å²) in [5.74, 6) is -1.28. The van der Waals surface area contributed by atoms with E-state index in [9.17, 15) is 14.5 Å². The summed E-state index contributed by atoms with van der Waals surface area (Å²) in [6.45, 7) is 0. The molecule has 0 aromatic heterocycles. The van der Waals surface area contributed by atoms with E-state index in [0.29, 0.717) is 6.42 Å². The van der Waals surface area contributed by atoms with Crippen molar-refractivity contribution in [3.63, 3.8) is 0 Å². The molecule has 3 aromatic carbocycles. The van der Waals surface area contributed by atoms with Gasteiger partial charge < -0.3 is 5.11 Å². The van der Waals surface area contributed by atoms with E-state index in [0.717, 1.165) is 16.2 Å². The summed E-state index contributed by atoms with van der Waals surface area (Å²) >= 11 is 0. The number of hydrogen-bond acceptors (Lipinski definition) is 2. The fourth-order valence-electron chi connectivity index (χ4n) is 3.71. The molecule has 28 heavy (non-hydrogen) atoms. The number of nitrogens with one attached hydrogen (secondary N) is 1. The highest BCUT2D eigenvalue weighted by Crippen LogP contribution is 2.52. The third kappa shape index (κ3) is 3.66. The first-order valence-corrected chi connectivity index (χ1v) is 11.1. The van der Waals surface area contributed by atoms with Gasteiger partial charge >= 0.3 is 5.97 Å². The van der Waals surface area contributed by atoms with Crippen molar-refractivity contribution in [3.05, 3.63) is 96.6 Å². The number of carboxylic acids is 1. The molecule has 4 nitrogen and oxygen atoms in total. The largest absolute Gasteiger partial charge is 0.481 e. The molecule has 5 heteroatoms. The van der Waals surface area contributed by atoms with Gasteiger partial charge in [-0.1, -0.05) is 66.7 Å². The summed E-state index contributed by atoms with van der Waals surface area (Å²) in [6.07, 6.45) is 0.589. The van der Waals surface area contributed by atoms with E-state index in [-0.39, 0.29) is 12.0 Å². The van der Waals surface area contributed by atoms with E-state index in [1.54, 1.807) is 0 Å². The lowest BCUT2D eigenvalue weighted by Gasteiger charge is -2.27. The Hall–Kier alpha value is -2.68. The molecule has 0 bridgehead atoms. The molecule has 0 radical (unpaired) electrons. The second kappa shape index (κ2) is 7.75. The molecule has 0 spiro atoms. The normalized spacial score (nSPS) is 19.7. The van der Waals surface area contributed by atoms with Crippen molar-refractivity contribution < 1.29 is 14.5 Å². The van der Waals surface area contributed by atoms with Crippen LogP contribution in [0.1, 0.15) is 18.0 Å². The predicted octanol–water partition coefficient (Wildman–Crippen LogP) is 3.97. The van der Waals surface area contributed by atoms with Crippen LogP contribution in [0.2, 0.25) is 0 Å². The van der Waals surface area contributed by atoms with Gasteiger partial charge in [-0.2, -0.15) is 0 Å². The van der Waals surface area contributed by atoms with Crippen LogP contribution in [0.15, 0.2) is 91.0 Å². The predicted molar refractivity (Wildman–Crippen MR) is 111 cm³/mol. The molecule has 4 rings (SSSR count). The van der Waals surface area contributed by atoms with Gasteiger partial charge in [0, 0.05) is 16.7 Å². The van der Waals surface area contributed by atoms with Gasteiger partial charge in [-0.05, 0) is 42.2 Å². The summed E-state index contributed by atoms with van der Waals surface area (Å²) in [6, 6.07) is 28.2. The summed E-state index contributed by atoms with van der Waals surface area (Å²) in [5.41, 5.74) is 0.961. The van der Waals surface area contributed by atoms with Gasteiger partial charge in [0.1, 0.15) is 0 Å². The van der Waals surface area contributed by atoms with Gasteiger partial charge in [0.2, 0.25) is 7.29 Å². The monoisotopic (exact) mass is 391 g/mol. The summed E-state index contributed by atoms with van der Waals surface area (Å²) in [4.78, 5) is 11.5. The van der Waals surface area contributed by atoms with Crippen LogP contribution in [0.5, 0.6) is 0 Å². The Morgan fingerprint density at radius 1 is 0.857 bits per heavy atom. The highest BCUT2D eigenvalue weighted by atomic mass is 31.2. The summed E-state index contributed by atoms with van der Waals surface area (Å²) in [7, 11) is -3.16. The second-order valence-corrected chi connectivity index (χ2v) is 9.65.